The van der Waals surface area contributed by atoms with Crippen LogP contribution in [0.15, 0.2) is 60.7 Å². The van der Waals surface area contributed by atoms with E-state index in [1.54, 1.807) is 13.0 Å². The van der Waals surface area contributed by atoms with Crippen molar-refractivity contribution in [2.75, 3.05) is 0 Å². The average molecular weight is 466 g/mol. The van der Waals surface area contributed by atoms with Gasteiger partial charge in [-0.3, -0.25) is 20.4 Å². The largest absolute Gasteiger partial charge is 0.318 e. The molecular weight excluding hydrogens is 445 g/mol. The highest BCUT2D eigenvalue weighted by molar-refractivity contribution is 6.33. The number of hydrazine groups is 1. The van der Waals surface area contributed by atoms with Crippen LogP contribution in [0.3, 0.4) is 0 Å². The van der Waals surface area contributed by atoms with Gasteiger partial charge in [0, 0.05) is 17.1 Å². The molecule has 0 saturated heterocycles. The third-order valence-corrected chi connectivity index (χ3v) is 5.63. The molecule has 0 radical (unpaired) electrons. The Kier molecular flexibility index (Phi) is 6.02. The number of aromatic nitrogens is 3. The summed E-state index contributed by atoms with van der Waals surface area (Å²) >= 11 is 6.38. The topological polar surface area (TPSA) is 81.0 Å². The van der Waals surface area contributed by atoms with Gasteiger partial charge in [-0.05, 0) is 63.2 Å². The van der Waals surface area contributed by atoms with Crippen LogP contribution in [0.2, 0.25) is 5.15 Å². The number of carbonyl (C=O) groups excluding carboxylic acids is 2. The highest BCUT2D eigenvalue weighted by atomic mass is 35.5. The Morgan fingerprint density at radius 3 is 2.21 bits per heavy atom. The Morgan fingerprint density at radius 2 is 1.55 bits per heavy atom. The maximum atomic E-state index is 13.2. The lowest BCUT2D eigenvalue weighted by Gasteiger charge is -2.10. The summed E-state index contributed by atoms with van der Waals surface area (Å²) in [5.74, 6) is -1.47. The Balaban J connectivity index is 1.52. The summed E-state index contributed by atoms with van der Waals surface area (Å²) in [5, 5.41) is 4.31. The molecular formula is C24H21ClFN5O2. The maximum Gasteiger partial charge on any atom is 0.274 e. The van der Waals surface area contributed by atoms with Crippen LogP contribution in [0.4, 0.5) is 4.39 Å². The van der Waals surface area contributed by atoms with Crippen LogP contribution in [0, 0.1) is 26.6 Å². The van der Waals surface area contributed by atoms with Crippen molar-refractivity contribution in [3.05, 3.63) is 99.8 Å². The molecule has 2 aromatic carbocycles. The highest BCUT2D eigenvalue weighted by Crippen LogP contribution is 2.24. The zero-order valence-electron chi connectivity index (χ0n) is 18.2. The van der Waals surface area contributed by atoms with E-state index in [1.165, 1.54) is 28.9 Å². The summed E-state index contributed by atoms with van der Waals surface area (Å²) in [6.07, 6.45) is 0. The first-order valence-electron chi connectivity index (χ1n) is 10.1. The smallest absolute Gasteiger partial charge is 0.274 e. The van der Waals surface area contributed by atoms with Crippen molar-refractivity contribution in [1.29, 1.82) is 0 Å². The monoisotopic (exact) mass is 465 g/mol. The van der Waals surface area contributed by atoms with E-state index in [-0.39, 0.29) is 10.7 Å². The number of nitrogens with zero attached hydrogens (tertiary/aromatic N) is 3. The number of nitrogens with one attached hydrogen (secondary N) is 2. The number of halogens is 2. The van der Waals surface area contributed by atoms with Crippen molar-refractivity contribution < 1.29 is 14.0 Å². The van der Waals surface area contributed by atoms with E-state index in [0.717, 1.165) is 17.1 Å². The number of para-hydroxylation sites is 1. The minimum absolute atomic E-state index is 0.0492. The number of rotatable bonds is 4. The van der Waals surface area contributed by atoms with E-state index in [2.05, 4.69) is 16.0 Å². The molecule has 4 aromatic rings. The fourth-order valence-electron chi connectivity index (χ4n) is 3.72. The van der Waals surface area contributed by atoms with Gasteiger partial charge in [0.05, 0.1) is 16.9 Å². The normalized spacial score (nSPS) is 10.8. The van der Waals surface area contributed by atoms with Crippen LogP contribution in [0.1, 0.15) is 37.8 Å². The molecule has 0 unspecified atom stereocenters. The van der Waals surface area contributed by atoms with E-state index in [0.29, 0.717) is 16.9 Å². The molecule has 0 aliphatic carbocycles. The number of hydrogen-bond acceptors (Lipinski definition) is 3. The Labute approximate surface area is 194 Å². The lowest BCUT2D eigenvalue weighted by atomic mass is 10.2. The van der Waals surface area contributed by atoms with E-state index >= 15 is 0 Å². The number of carbonyl (C=O) groups is 2. The van der Waals surface area contributed by atoms with Gasteiger partial charge in [0.15, 0.2) is 0 Å². The first-order valence-corrected chi connectivity index (χ1v) is 10.5. The molecule has 0 aliphatic heterocycles. The van der Waals surface area contributed by atoms with Gasteiger partial charge in [0.1, 0.15) is 16.5 Å². The molecule has 0 aliphatic rings. The second-order valence-electron chi connectivity index (χ2n) is 7.50. The van der Waals surface area contributed by atoms with Crippen LogP contribution in [-0.4, -0.2) is 26.2 Å². The third kappa shape index (κ3) is 4.25. The van der Waals surface area contributed by atoms with Crippen LogP contribution in [-0.2, 0) is 0 Å². The summed E-state index contributed by atoms with van der Waals surface area (Å²) in [6.45, 7) is 5.36. The Hall–Kier alpha value is -3.91. The molecule has 168 valence electrons. The van der Waals surface area contributed by atoms with Crippen molar-refractivity contribution in [2.45, 2.75) is 20.8 Å². The van der Waals surface area contributed by atoms with E-state index < -0.39 is 17.6 Å². The molecule has 0 fully saturated rings. The first-order chi connectivity index (χ1) is 15.8. The van der Waals surface area contributed by atoms with Crippen LogP contribution in [0.25, 0.3) is 11.4 Å². The van der Waals surface area contributed by atoms with Gasteiger partial charge in [0.2, 0.25) is 0 Å². The molecule has 4 rings (SSSR count). The maximum absolute atomic E-state index is 13.2. The SMILES string of the molecule is Cc1nn(-c2ccc(F)cc2)c(Cl)c1C(=O)NNC(=O)c1cc(C)n(-c2ccccc2)c1C. The predicted molar refractivity (Wildman–Crippen MR) is 123 cm³/mol. The van der Waals surface area contributed by atoms with Gasteiger partial charge in [-0.1, -0.05) is 29.8 Å². The lowest BCUT2D eigenvalue weighted by molar-refractivity contribution is 0.0846. The number of hydrogen-bond donors (Lipinski definition) is 2. The lowest BCUT2D eigenvalue weighted by Crippen LogP contribution is -2.42. The number of benzene rings is 2. The summed E-state index contributed by atoms with van der Waals surface area (Å²) in [5.41, 5.74) is 8.81. The Morgan fingerprint density at radius 1 is 0.909 bits per heavy atom. The van der Waals surface area contributed by atoms with Gasteiger partial charge < -0.3 is 4.57 Å². The number of amides is 2. The minimum Gasteiger partial charge on any atom is -0.318 e. The molecule has 0 atom stereocenters. The van der Waals surface area contributed by atoms with Crippen molar-refractivity contribution in [3.63, 3.8) is 0 Å². The highest BCUT2D eigenvalue weighted by Gasteiger charge is 2.23. The zero-order valence-corrected chi connectivity index (χ0v) is 18.9. The zero-order chi connectivity index (χ0) is 23.7. The van der Waals surface area contributed by atoms with Gasteiger partial charge in [-0.15, -0.1) is 0 Å². The second-order valence-corrected chi connectivity index (χ2v) is 7.86. The molecule has 9 heteroatoms. The Bertz CT molecular complexity index is 1340. The van der Waals surface area contributed by atoms with Crippen molar-refractivity contribution >= 4 is 23.4 Å². The average Bonchev–Trinajstić information content (AvgIpc) is 3.27. The molecule has 2 N–H and O–H groups in total. The van der Waals surface area contributed by atoms with Crippen molar-refractivity contribution in [2.24, 2.45) is 0 Å². The summed E-state index contributed by atoms with van der Waals surface area (Å²) in [7, 11) is 0. The first kappa shape index (κ1) is 22.3. The van der Waals surface area contributed by atoms with Crippen LogP contribution < -0.4 is 10.9 Å². The fourth-order valence-corrected chi connectivity index (χ4v) is 4.08. The van der Waals surface area contributed by atoms with E-state index in [9.17, 15) is 14.0 Å². The summed E-state index contributed by atoms with van der Waals surface area (Å²) < 4.78 is 16.5. The van der Waals surface area contributed by atoms with Crippen molar-refractivity contribution in [1.82, 2.24) is 25.2 Å². The minimum atomic E-state index is -0.615. The fraction of sp³-hybridized carbons (Fsp3) is 0.125. The summed E-state index contributed by atoms with van der Waals surface area (Å²) in [6, 6.07) is 17.0. The van der Waals surface area contributed by atoms with Crippen LogP contribution >= 0.6 is 11.6 Å². The molecule has 0 saturated carbocycles. The molecule has 2 amide bonds. The molecule has 33 heavy (non-hydrogen) atoms. The van der Waals surface area contributed by atoms with Gasteiger partial charge >= 0.3 is 0 Å². The van der Waals surface area contributed by atoms with Crippen LogP contribution in [0.5, 0.6) is 0 Å². The molecule has 7 nitrogen and oxygen atoms in total. The van der Waals surface area contributed by atoms with E-state index in [1.807, 2.05) is 48.7 Å². The molecule has 0 bridgehead atoms. The van der Waals surface area contributed by atoms with E-state index in [4.69, 9.17) is 11.6 Å². The van der Waals surface area contributed by atoms with Gasteiger partial charge in [-0.25, -0.2) is 9.07 Å². The van der Waals surface area contributed by atoms with Gasteiger partial charge in [-0.2, -0.15) is 5.10 Å². The quantitative estimate of drug-likeness (QED) is 0.437. The molecule has 2 aromatic heterocycles. The molecule has 2 heterocycles. The molecule has 0 spiro atoms. The predicted octanol–water partition coefficient (Wildman–Crippen LogP) is 4.46. The van der Waals surface area contributed by atoms with Gasteiger partial charge in [0.25, 0.3) is 11.8 Å². The van der Waals surface area contributed by atoms with Crippen molar-refractivity contribution in [3.8, 4) is 11.4 Å². The second kappa shape index (κ2) is 8.91. The summed E-state index contributed by atoms with van der Waals surface area (Å²) in [4.78, 5) is 25.6. The standard InChI is InChI=1S/C24H21ClFN5O2/c1-14-13-20(16(3)30(14)18-7-5-4-6-8-18)23(32)27-28-24(33)21-15(2)29-31(22(21)25)19-11-9-17(26)10-12-19/h4-13H,1-3H3,(H,27,32)(H,28,33). The third-order valence-electron chi connectivity index (χ3n) is 5.28. The number of aryl methyl sites for hydroxylation is 2.